The second-order valence-corrected chi connectivity index (χ2v) is 5.92. The zero-order valence-corrected chi connectivity index (χ0v) is 12.3. The third kappa shape index (κ3) is 2.96. The first-order valence-corrected chi connectivity index (χ1v) is 6.89. The van der Waals surface area contributed by atoms with Crippen molar-refractivity contribution in [3.63, 3.8) is 0 Å². The summed E-state index contributed by atoms with van der Waals surface area (Å²) in [6.45, 7) is 10.2. The Labute approximate surface area is 114 Å². The van der Waals surface area contributed by atoms with Crippen molar-refractivity contribution in [2.24, 2.45) is 0 Å². The van der Waals surface area contributed by atoms with Crippen molar-refractivity contribution >= 4 is 17.3 Å². The number of ether oxygens (including phenoxy) is 1. The normalized spacial score (nSPS) is 23.2. The number of aryl methyl sites for hydroxylation is 1. The Kier molecular flexibility index (Phi) is 3.83. The van der Waals surface area contributed by atoms with Crippen LogP contribution in [0.25, 0.3) is 0 Å². The molecule has 1 aliphatic heterocycles. The lowest BCUT2D eigenvalue weighted by Crippen LogP contribution is -2.52. The fraction of sp³-hybridized carbons (Fsp3) is 0.643. The van der Waals surface area contributed by atoms with Gasteiger partial charge in [0, 0.05) is 36.2 Å². The number of hydrogen-bond acceptors (Lipinski definition) is 3. The number of pyridine rings is 1. The van der Waals surface area contributed by atoms with Gasteiger partial charge in [-0.15, -0.1) is 11.6 Å². The molecule has 1 saturated heterocycles. The van der Waals surface area contributed by atoms with Crippen LogP contribution in [0.3, 0.4) is 0 Å². The van der Waals surface area contributed by atoms with E-state index in [0.29, 0.717) is 5.88 Å². The van der Waals surface area contributed by atoms with Crippen molar-refractivity contribution in [2.45, 2.75) is 45.3 Å². The van der Waals surface area contributed by atoms with E-state index in [-0.39, 0.29) is 11.7 Å². The SMILES string of the molecule is Cc1cc(N2CC(C)OC(C)(C)C2)c(CCl)cn1. The van der Waals surface area contributed by atoms with E-state index >= 15 is 0 Å². The minimum atomic E-state index is -0.127. The monoisotopic (exact) mass is 268 g/mol. The van der Waals surface area contributed by atoms with E-state index in [9.17, 15) is 0 Å². The summed E-state index contributed by atoms with van der Waals surface area (Å²) in [6.07, 6.45) is 2.11. The number of morpholine rings is 1. The Morgan fingerprint density at radius 3 is 2.89 bits per heavy atom. The van der Waals surface area contributed by atoms with Crippen LogP contribution in [-0.4, -0.2) is 29.8 Å². The van der Waals surface area contributed by atoms with Gasteiger partial charge in [-0.25, -0.2) is 0 Å². The van der Waals surface area contributed by atoms with E-state index in [2.05, 4.69) is 36.7 Å². The van der Waals surface area contributed by atoms with Crippen molar-refractivity contribution in [1.29, 1.82) is 0 Å². The van der Waals surface area contributed by atoms with Gasteiger partial charge < -0.3 is 9.64 Å². The van der Waals surface area contributed by atoms with Gasteiger partial charge in [-0.05, 0) is 33.8 Å². The minimum Gasteiger partial charge on any atom is -0.369 e. The molecule has 2 heterocycles. The number of alkyl halides is 1. The number of rotatable bonds is 2. The van der Waals surface area contributed by atoms with Gasteiger partial charge in [0.25, 0.3) is 0 Å². The number of halogens is 1. The first-order chi connectivity index (χ1) is 8.41. The van der Waals surface area contributed by atoms with Crippen LogP contribution in [0, 0.1) is 6.92 Å². The number of hydrogen-bond donors (Lipinski definition) is 0. The van der Waals surface area contributed by atoms with Crippen molar-refractivity contribution in [2.75, 3.05) is 18.0 Å². The van der Waals surface area contributed by atoms with Crippen molar-refractivity contribution in [3.05, 3.63) is 23.5 Å². The molecule has 0 radical (unpaired) electrons. The van der Waals surface area contributed by atoms with Gasteiger partial charge in [0.05, 0.1) is 17.6 Å². The van der Waals surface area contributed by atoms with Crippen molar-refractivity contribution in [1.82, 2.24) is 4.98 Å². The van der Waals surface area contributed by atoms with Crippen LogP contribution in [0.2, 0.25) is 0 Å². The summed E-state index contributed by atoms with van der Waals surface area (Å²) in [6, 6.07) is 2.12. The molecule has 1 unspecified atom stereocenters. The summed E-state index contributed by atoms with van der Waals surface area (Å²) in [4.78, 5) is 6.68. The number of anilines is 1. The molecule has 18 heavy (non-hydrogen) atoms. The molecule has 0 N–H and O–H groups in total. The van der Waals surface area contributed by atoms with Crippen LogP contribution in [-0.2, 0) is 10.6 Å². The Hall–Kier alpha value is -0.800. The van der Waals surface area contributed by atoms with E-state index in [1.165, 1.54) is 5.69 Å². The summed E-state index contributed by atoms with van der Waals surface area (Å²) in [5.74, 6) is 0.495. The lowest BCUT2D eigenvalue weighted by atomic mass is 10.0. The quantitative estimate of drug-likeness (QED) is 0.771. The average Bonchev–Trinajstić information content (AvgIpc) is 2.26. The Bertz CT molecular complexity index is 434. The molecule has 0 saturated carbocycles. The van der Waals surface area contributed by atoms with Gasteiger partial charge in [-0.3, -0.25) is 4.98 Å². The highest BCUT2D eigenvalue weighted by atomic mass is 35.5. The molecule has 4 heteroatoms. The molecular weight excluding hydrogens is 248 g/mol. The van der Waals surface area contributed by atoms with E-state index in [1.807, 2.05) is 13.1 Å². The van der Waals surface area contributed by atoms with Gasteiger partial charge in [-0.2, -0.15) is 0 Å². The second-order valence-electron chi connectivity index (χ2n) is 5.66. The first kappa shape index (κ1) is 13.6. The van der Waals surface area contributed by atoms with Crippen LogP contribution >= 0.6 is 11.6 Å². The largest absolute Gasteiger partial charge is 0.369 e. The Balaban J connectivity index is 2.32. The van der Waals surface area contributed by atoms with Crippen LogP contribution in [0.5, 0.6) is 0 Å². The molecule has 2 rings (SSSR count). The van der Waals surface area contributed by atoms with Crippen molar-refractivity contribution < 1.29 is 4.74 Å². The maximum Gasteiger partial charge on any atom is 0.0805 e. The molecule has 1 aromatic rings. The predicted molar refractivity (Wildman–Crippen MR) is 75.4 cm³/mol. The molecule has 100 valence electrons. The fourth-order valence-corrected chi connectivity index (χ4v) is 2.81. The standard InChI is InChI=1S/C14H21ClN2O/c1-10-5-13(12(6-15)7-16-10)17-8-11(2)18-14(3,4)9-17/h5,7,11H,6,8-9H2,1-4H3. The minimum absolute atomic E-state index is 0.127. The molecule has 1 fully saturated rings. The Morgan fingerprint density at radius 2 is 2.28 bits per heavy atom. The topological polar surface area (TPSA) is 25.4 Å². The van der Waals surface area contributed by atoms with Gasteiger partial charge in [0.1, 0.15) is 0 Å². The smallest absolute Gasteiger partial charge is 0.0805 e. The molecule has 0 spiro atoms. The van der Waals surface area contributed by atoms with E-state index < -0.39 is 0 Å². The van der Waals surface area contributed by atoms with E-state index in [4.69, 9.17) is 16.3 Å². The van der Waals surface area contributed by atoms with Crippen molar-refractivity contribution in [3.8, 4) is 0 Å². The van der Waals surface area contributed by atoms with Crippen LogP contribution < -0.4 is 4.90 Å². The highest BCUT2D eigenvalue weighted by Crippen LogP contribution is 2.29. The zero-order valence-electron chi connectivity index (χ0n) is 11.5. The van der Waals surface area contributed by atoms with Crippen LogP contribution in [0.1, 0.15) is 32.0 Å². The van der Waals surface area contributed by atoms with Gasteiger partial charge in [0.2, 0.25) is 0 Å². The predicted octanol–water partition coefficient (Wildman–Crippen LogP) is 3.13. The van der Waals surface area contributed by atoms with Gasteiger partial charge in [-0.1, -0.05) is 0 Å². The highest BCUT2D eigenvalue weighted by molar-refractivity contribution is 6.17. The maximum absolute atomic E-state index is 6.01. The lowest BCUT2D eigenvalue weighted by Gasteiger charge is -2.43. The summed E-state index contributed by atoms with van der Waals surface area (Å²) in [7, 11) is 0. The summed E-state index contributed by atoms with van der Waals surface area (Å²) < 4.78 is 5.94. The molecule has 0 aliphatic carbocycles. The van der Waals surface area contributed by atoms with E-state index in [0.717, 1.165) is 24.3 Å². The van der Waals surface area contributed by atoms with Crippen LogP contribution in [0.15, 0.2) is 12.3 Å². The summed E-state index contributed by atoms with van der Waals surface area (Å²) >= 11 is 6.01. The lowest BCUT2D eigenvalue weighted by molar-refractivity contribution is -0.0750. The molecule has 0 aromatic carbocycles. The Morgan fingerprint density at radius 1 is 1.56 bits per heavy atom. The van der Waals surface area contributed by atoms with Gasteiger partial charge >= 0.3 is 0 Å². The van der Waals surface area contributed by atoms with E-state index in [1.54, 1.807) is 0 Å². The molecule has 1 atom stereocenters. The maximum atomic E-state index is 6.01. The number of nitrogens with zero attached hydrogens (tertiary/aromatic N) is 2. The molecule has 1 aliphatic rings. The first-order valence-electron chi connectivity index (χ1n) is 6.35. The molecular formula is C14H21ClN2O. The fourth-order valence-electron chi connectivity index (χ4n) is 2.61. The average molecular weight is 269 g/mol. The second kappa shape index (κ2) is 5.06. The molecule has 3 nitrogen and oxygen atoms in total. The molecule has 1 aromatic heterocycles. The molecule has 0 amide bonds. The number of aromatic nitrogens is 1. The zero-order chi connectivity index (χ0) is 13.3. The van der Waals surface area contributed by atoms with Gasteiger partial charge in [0.15, 0.2) is 0 Å². The van der Waals surface area contributed by atoms with Crippen LogP contribution in [0.4, 0.5) is 5.69 Å². The molecule has 0 bridgehead atoms. The third-order valence-electron chi connectivity index (χ3n) is 3.15. The third-order valence-corrected chi connectivity index (χ3v) is 3.44. The highest BCUT2D eigenvalue weighted by Gasteiger charge is 2.32. The summed E-state index contributed by atoms with van der Waals surface area (Å²) in [5, 5.41) is 0. The summed E-state index contributed by atoms with van der Waals surface area (Å²) in [5.41, 5.74) is 3.18.